The first kappa shape index (κ1) is 15.6. The minimum absolute atomic E-state index is 0.0261. The molecular formula is C16H25ClN2O. The number of halogens is 1. The highest BCUT2D eigenvalue weighted by Crippen LogP contribution is 2.19. The number of likely N-dealkylation sites (tertiary alicyclic amines) is 1. The lowest BCUT2D eigenvalue weighted by molar-refractivity contribution is 0.102. The Morgan fingerprint density at radius 3 is 2.55 bits per heavy atom. The summed E-state index contributed by atoms with van der Waals surface area (Å²) in [6, 6.07) is 1.97. The van der Waals surface area contributed by atoms with Crippen molar-refractivity contribution in [1.82, 2.24) is 9.47 Å². The molecule has 1 atom stereocenters. The molecule has 3 nitrogen and oxygen atoms in total. The van der Waals surface area contributed by atoms with E-state index in [9.17, 15) is 4.79 Å². The van der Waals surface area contributed by atoms with E-state index in [1.807, 2.05) is 13.0 Å². The average Bonchev–Trinajstić information content (AvgIpc) is 3.01. The van der Waals surface area contributed by atoms with Crippen LogP contribution in [0.25, 0.3) is 0 Å². The van der Waals surface area contributed by atoms with Gasteiger partial charge in [-0.1, -0.05) is 6.92 Å². The number of rotatable bonds is 6. The van der Waals surface area contributed by atoms with Gasteiger partial charge >= 0.3 is 0 Å². The second-order valence-electron chi connectivity index (χ2n) is 6.07. The molecule has 4 heteroatoms. The molecule has 1 fully saturated rings. The first-order valence-electron chi connectivity index (χ1n) is 7.51. The lowest BCUT2D eigenvalue weighted by atomic mass is 10.1. The van der Waals surface area contributed by atoms with E-state index in [4.69, 9.17) is 11.6 Å². The van der Waals surface area contributed by atoms with E-state index in [0.29, 0.717) is 5.92 Å². The number of hydrogen-bond donors (Lipinski definition) is 0. The second-order valence-corrected chi connectivity index (χ2v) is 6.33. The van der Waals surface area contributed by atoms with Crippen molar-refractivity contribution in [1.29, 1.82) is 0 Å². The number of Topliss-reactive ketones (excluding diaryl/α,β-unsaturated/α-hetero) is 1. The maximum absolute atomic E-state index is 11.8. The van der Waals surface area contributed by atoms with Gasteiger partial charge in [-0.05, 0) is 51.8 Å². The van der Waals surface area contributed by atoms with Crippen LogP contribution in [0.3, 0.4) is 0 Å². The Morgan fingerprint density at radius 2 is 1.95 bits per heavy atom. The molecule has 1 aromatic heterocycles. The Morgan fingerprint density at radius 1 is 1.30 bits per heavy atom. The summed E-state index contributed by atoms with van der Waals surface area (Å²) < 4.78 is 2.26. The molecule has 0 saturated carbocycles. The summed E-state index contributed by atoms with van der Waals surface area (Å²) in [4.78, 5) is 14.4. The summed E-state index contributed by atoms with van der Waals surface area (Å²) in [6.45, 7) is 11.0. The minimum atomic E-state index is 0.0261. The number of ketones is 1. The molecule has 2 heterocycles. The minimum Gasteiger partial charge on any atom is -0.348 e. The van der Waals surface area contributed by atoms with Crippen LogP contribution in [0.1, 0.15) is 41.5 Å². The normalized spacial score (nSPS) is 17.6. The molecule has 1 aliphatic heterocycles. The smallest absolute Gasteiger partial charge is 0.179 e. The first-order valence-corrected chi connectivity index (χ1v) is 8.04. The summed E-state index contributed by atoms with van der Waals surface area (Å²) >= 11 is 5.67. The van der Waals surface area contributed by atoms with Gasteiger partial charge in [-0.3, -0.25) is 4.79 Å². The fourth-order valence-corrected chi connectivity index (χ4v) is 3.36. The zero-order chi connectivity index (χ0) is 14.7. The van der Waals surface area contributed by atoms with Crippen LogP contribution in [0.2, 0.25) is 0 Å². The van der Waals surface area contributed by atoms with Gasteiger partial charge in [0.2, 0.25) is 0 Å². The maximum atomic E-state index is 11.8. The molecular weight excluding hydrogens is 272 g/mol. The van der Waals surface area contributed by atoms with Crippen molar-refractivity contribution in [2.24, 2.45) is 5.92 Å². The van der Waals surface area contributed by atoms with Gasteiger partial charge in [0.05, 0.1) is 5.88 Å². The van der Waals surface area contributed by atoms with Crippen LogP contribution < -0.4 is 0 Å². The van der Waals surface area contributed by atoms with Crippen molar-refractivity contribution < 1.29 is 4.79 Å². The predicted molar refractivity (Wildman–Crippen MR) is 83.8 cm³/mol. The van der Waals surface area contributed by atoms with E-state index in [-0.39, 0.29) is 11.7 Å². The molecule has 1 saturated heterocycles. The topological polar surface area (TPSA) is 25.2 Å². The standard InChI is InChI=1S/C16H25ClN2O/c1-12(10-18-6-4-5-7-18)11-19-13(2)8-15(14(19)3)16(20)9-17/h8,12H,4-7,9-11H2,1-3H3. The van der Waals surface area contributed by atoms with Crippen LogP contribution in [0, 0.1) is 19.8 Å². The van der Waals surface area contributed by atoms with Crippen LogP contribution >= 0.6 is 11.6 Å². The number of carbonyl (C=O) groups is 1. The Balaban J connectivity index is 2.04. The molecule has 2 rings (SSSR count). The predicted octanol–water partition coefficient (Wildman–Crippen LogP) is 3.26. The van der Waals surface area contributed by atoms with E-state index < -0.39 is 0 Å². The van der Waals surface area contributed by atoms with Gasteiger partial charge in [0, 0.05) is 30.0 Å². The molecule has 0 spiro atoms. The zero-order valence-electron chi connectivity index (χ0n) is 12.8. The number of hydrogen-bond acceptors (Lipinski definition) is 2. The van der Waals surface area contributed by atoms with Crippen LogP contribution in [0.15, 0.2) is 6.07 Å². The number of nitrogens with zero attached hydrogens (tertiary/aromatic N) is 2. The zero-order valence-corrected chi connectivity index (χ0v) is 13.5. The lowest BCUT2D eigenvalue weighted by Gasteiger charge is -2.22. The first-order chi connectivity index (χ1) is 9.52. The molecule has 0 aromatic carbocycles. The second kappa shape index (κ2) is 6.77. The molecule has 112 valence electrons. The van der Waals surface area contributed by atoms with E-state index in [2.05, 4.69) is 23.3 Å². The fraction of sp³-hybridized carbons (Fsp3) is 0.688. The van der Waals surface area contributed by atoms with Crippen LogP contribution in [-0.4, -0.2) is 40.8 Å². The highest BCUT2D eigenvalue weighted by molar-refractivity contribution is 6.30. The number of alkyl halides is 1. The highest BCUT2D eigenvalue weighted by Gasteiger charge is 2.18. The van der Waals surface area contributed by atoms with E-state index in [1.54, 1.807) is 0 Å². The molecule has 0 aliphatic carbocycles. The Bertz CT molecular complexity index is 475. The SMILES string of the molecule is Cc1cc(C(=O)CCl)c(C)n1CC(C)CN1CCCC1. The van der Waals surface area contributed by atoms with Gasteiger partial charge in [-0.15, -0.1) is 11.6 Å². The van der Waals surface area contributed by atoms with Crippen LogP contribution in [-0.2, 0) is 6.54 Å². The van der Waals surface area contributed by atoms with Crippen LogP contribution in [0.5, 0.6) is 0 Å². The number of aryl methyl sites for hydroxylation is 1. The lowest BCUT2D eigenvalue weighted by Crippen LogP contribution is -2.28. The van der Waals surface area contributed by atoms with Crippen LogP contribution in [0.4, 0.5) is 0 Å². The van der Waals surface area contributed by atoms with Crippen molar-refractivity contribution in [3.63, 3.8) is 0 Å². The molecule has 1 aliphatic rings. The Kier molecular flexibility index (Phi) is 5.28. The molecule has 0 N–H and O–H groups in total. The molecule has 0 amide bonds. The van der Waals surface area contributed by atoms with Crippen molar-refractivity contribution in [2.45, 2.75) is 40.2 Å². The Hall–Kier alpha value is -0.800. The number of carbonyl (C=O) groups excluding carboxylic acids is 1. The number of aromatic nitrogens is 1. The van der Waals surface area contributed by atoms with E-state index in [0.717, 1.165) is 30.0 Å². The third kappa shape index (κ3) is 3.44. The van der Waals surface area contributed by atoms with Gasteiger partial charge < -0.3 is 9.47 Å². The summed E-state index contributed by atoms with van der Waals surface area (Å²) in [6.07, 6.45) is 2.67. The highest BCUT2D eigenvalue weighted by atomic mass is 35.5. The molecule has 0 bridgehead atoms. The molecule has 0 radical (unpaired) electrons. The molecule has 1 unspecified atom stereocenters. The van der Waals surface area contributed by atoms with Crippen molar-refractivity contribution in [3.8, 4) is 0 Å². The van der Waals surface area contributed by atoms with Crippen molar-refractivity contribution in [3.05, 3.63) is 23.0 Å². The quantitative estimate of drug-likeness (QED) is 0.595. The molecule has 20 heavy (non-hydrogen) atoms. The van der Waals surface area contributed by atoms with Gasteiger partial charge in [0.15, 0.2) is 5.78 Å². The summed E-state index contributed by atoms with van der Waals surface area (Å²) in [5, 5.41) is 0. The third-order valence-corrected chi connectivity index (χ3v) is 4.50. The monoisotopic (exact) mass is 296 g/mol. The van der Waals surface area contributed by atoms with E-state index in [1.165, 1.54) is 25.9 Å². The third-order valence-electron chi connectivity index (χ3n) is 4.26. The van der Waals surface area contributed by atoms with Gasteiger partial charge in [-0.25, -0.2) is 0 Å². The van der Waals surface area contributed by atoms with Gasteiger partial charge in [0.25, 0.3) is 0 Å². The molecule has 1 aromatic rings. The van der Waals surface area contributed by atoms with Gasteiger partial charge in [-0.2, -0.15) is 0 Å². The van der Waals surface area contributed by atoms with Gasteiger partial charge in [0.1, 0.15) is 0 Å². The summed E-state index contributed by atoms with van der Waals surface area (Å²) in [5.74, 6) is 0.684. The maximum Gasteiger partial charge on any atom is 0.179 e. The largest absolute Gasteiger partial charge is 0.348 e. The van der Waals surface area contributed by atoms with E-state index >= 15 is 0 Å². The Labute approximate surface area is 126 Å². The summed E-state index contributed by atoms with van der Waals surface area (Å²) in [7, 11) is 0. The average molecular weight is 297 g/mol. The summed E-state index contributed by atoms with van der Waals surface area (Å²) in [5.41, 5.74) is 3.00. The van der Waals surface area contributed by atoms with Crippen molar-refractivity contribution in [2.75, 3.05) is 25.5 Å². The van der Waals surface area contributed by atoms with Crippen molar-refractivity contribution >= 4 is 17.4 Å². The fourth-order valence-electron chi connectivity index (χ4n) is 3.21.